The zero-order valence-corrected chi connectivity index (χ0v) is 11.7. The Kier molecular flexibility index (Phi) is 4.76. The third-order valence-electron chi connectivity index (χ3n) is 3.84. The van der Waals surface area contributed by atoms with Crippen LogP contribution in [0.25, 0.3) is 0 Å². The van der Waals surface area contributed by atoms with Gasteiger partial charge in [-0.05, 0) is 44.3 Å². The lowest BCUT2D eigenvalue weighted by atomic mass is 10.00. The van der Waals surface area contributed by atoms with Crippen molar-refractivity contribution in [1.82, 2.24) is 5.32 Å². The van der Waals surface area contributed by atoms with Crippen molar-refractivity contribution in [3.05, 3.63) is 0 Å². The van der Waals surface area contributed by atoms with Gasteiger partial charge in [-0.25, -0.2) is 0 Å². The van der Waals surface area contributed by atoms with Crippen molar-refractivity contribution >= 4 is 11.8 Å². The minimum Gasteiger partial charge on any atom is -0.297 e. The van der Waals surface area contributed by atoms with Gasteiger partial charge in [0.1, 0.15) is 5.54 Å². The van der Waals surface area contributed by atoms with E-state index in [4.69, 9.17) is 0 Å². The first-order valence-corrected chi connectivity index (χ1v) is 8.13. The van der Waals surface area contributed by atoms with E-state index < -0.39 is 0 Å². The Morgan fingerprint density at radius 2 is 2.18 bits per heavy atom. The molecule has 17 heavy (non-hydrogen) atoms. The van der Waals surface area contributed by atoms with Crippen LogP contribution in [0.15, 0.2) is 0 Å². The van der Waals surface area contributed by atoms with Crippen molar-refractivity contribution in [3.8, 4) is 6.07 Å². The molecule has 0 aromatic carbocycles. The summed E-state index contributed by atoms with van der Waals surface area (Å²) in [6.07, 6.45) is 9.90. The molecule has 0 bridgehead atoms. The van der Waals surface area contributed by atoms with Crippen LogP contribution in [0.2, 0.25) is 0 Å². The Bertz CT molecular complexity index is 282. The van der Waals surface area contributed by atoms with E-state index in [2.05, 4.69) is 30.1 Å². The van der Waals surface area contributed by atoms with Crippen LogP contribution >= 0.6 is 11.8 Å². The van der Waals surface area contributed by atoms with Crippen LogP contribution in [0.1, 0.15) is 58.3 Å². The second-order valence-corrected chi connectivity index (χ2v) is 6.96. The standard InChI is InChI=1S/C14H24N2S/c1-2-3-4-9-17-13-7-8-14(10-13,11-15)16-12-5-6-12/h12-13,16H,2-10H2,1H3. The summed E-state index contributed by atoms with van der Waals surface area (Å²) in [5.41, 5.74) is -0.177. The highest BCUT2D eigenvalue weighted by Gasteiger charge is 2.42. The maximum absolute atomic E-state index is 9.40. The summed E-state index contributed by atoms with van der Waals surface area (Å²) in [4.78, 5) is 0. The number of nitrogens with zero attached hydrogens (tertiary/aromatic N) is 1. The average Bonchev–Trinajstić information content (AvgIpc) is 3.05. The highest BCUT2D eigenvalue weighted by atomic mass is 32.2. The van der Waals surface area contributed by atoms with E-state index >= 15 is 0 Å². The summed E-state index contributed by atoms with van der Waals surface area (Å²) in [5.74, 6) is 1.28. The van der Waals surface area contributed by atoms with Crippen LogP contribution in [0.4, 0.5) is 0 Å². The number of unbranched alkanes of at least 4 members (excludes halogenated alkanes) is 2. The topological polar surface area (TPSA) is 35.8 Å². The maximum atomic E-state index is 9.40. The number of rotatable bonds is 7. The van der Waals surface area contributed by atoms with Gasteiger partial charge in [-0.3, -0.25) is 5.32 Å². The van der Waals surface area contributed by atoms with E-state index in [1.54, 1.807) is 0 Å². The Hall–Kier alpha value is -0.200. The van der Waals surface area contributed by atoms with Crippen LogP contribution in [-0.2, 0) is 0 Å². The van der Waals surface area contributed by atoms with E-state index in [1.165, 1.54) is 44.3 Å². The van der Waals surface area contributed by atoms with Gasteiger partial charge in [0.05, 0.1) is 6.07 Å². The Morgan fingerprint density at radius 3 is 2.82 bits per heavy atom. The van der Waals surface area contributed by atoms with Crippen LogP contribution in [-0.4, -0.2) is 22.6 Å². The average molecular weight is 252 g/mol. The summed E-state index contributed by atoms with van der Waals surface area (Å²) in [7, 11) is 0. The van der Waals surface area contributed by atoms with Gasteiger partial charge in [-0.1, -0.05) is 19.8 Å². The van der Waals surface area contributed by atoms with Gasteiger partial charge in [-0.2, -0.15) is 17.0 Å². The van der Waals surface area contributed by atoms with Crippen LogP contribution in [0.3, 0.4) is 0 Å². The minimum absolute atomic E-state index is 0.177. The number of nitrogens with one attached hydrogen (secondary N) is 1. The van der Waals surface area contributed by atoms with Crippen molar-refractivity contribution in [2.45, 2.75) is 75.1 Å². The van der Waals surface area contributed by atoms with E-state index in [0.29, 0.717) is 6.04 Å². The molecule has 2 aliphatic carbocycles. The fourth-order valence-electron chi connectivity index (χ4n) is 2.63. The molecule has 2 nitrogen and oxygen atoms in total. The summed E-state index contributed by atoms with van der Waals surface area (Å²) < 4.78 is 0. The molecule has 2 rings (SSSR count). The molecule has 1 N–H and O–H groups in total. The van der Waals surface area contributed by atoms with Gasteiger partial charge >= 0.3 is 0 Å². The smallest absolute Gasteiger partial charge is 0.108 e. The molecule has 0 aliphatic heterocycles. The molecule has 2 unspecified atom stereocenters. The molecule has 3 heteroatoms. The van der Waals surface area contributed by atoms with Crippen molar-refractivity contribution in [3.63, 3.8) is 0 Å². The molecule has 0 aromatic rings. The molecular weight excluding hydrogens is 228 g/mol. The third-order valence-corrected chi connectivity index (χ3v) is 5.24. The van der Waals surface area contributed by atoms with Gasteiger partial charge in [-0.15, -0.1) is 0 Å². The molecule has 0 aromatic heterocycles. The molecule has 2 aliphatic rings. The molecule has 0 saturated heterocycles. The van der Waals surface area contributed by atoms with Gasteiger partial charge in [0.2, 0.25) is 0 Å². The molecule has 0 heterocycles. The second kappa shape index (κ2) is 6.11. The van der Waals surface area contributed by atoms with Crippen molar-refractivity contribution in [2.75, 3.05) is 5.75 Å². The number of hydrogen-bond donors (Lipinski definition) is 1. The molecule has 0 radical (unpaired) electrons. The molecule has 96 valence electrons. The molecule has 2 atom stereocenters. The summed E-state index contributed by atoms with van der Waals surface area (Å²) >= 11 is 2.10. The zero-order chi connectivity index (χ0) is 12.1. The van der Waals surface area contributed by atoms with Crippen molar-refractivity contribution < 1.29 is 0 Å². The second-order valence-electron chi connectivity index (χ2n) is 5.56. The molecule has 0 amide bonds. The number of nitriles is 1. The first-order valence-electron chi connectivity index (χ1n) is 7.08. The van der Waals surface area contributed by atoms with Crippen LogP contribution < -0.4 is 5.32 Å². The Balaban J connectivity index is 1.71. The maximum Gasteiger partial charge on any atom is 0.108 e. The first-order chi connectivity index (χ1) is 8.28. The van der Waals surface area contributed by atoms with Crippen LogP contribution in [0, 0.1) is 11.3 Å². The van der Waals surface area contributed by atoms with Crippen molar-refractivity contribution in [2.24, 2.45) is 0 Å². The fourth-order valence-corrected chi connectivity index (χ4v) is 4.02. The van der Waals surface area contributed by atoms with E-state index in [0.717, 1.165) is 18.1 Å². The van der Waals surface area contributed by atoms with E-state index in [1.807, 2.05) is 0 Å². The summed E-state index contributed by atoms with van der Waals surface area (Å²) in [6, 6.07) is 3.21. The van der Waals surface area contributed by atoms with E-state index in [-0.39, 0.29) is 5.54 Å². The number of hydrogen-bond acceptors (Lipinski definition) is 3. The number of thioether (sulfide) groups is 1. The monoisotopic (exact) mass is 252 g/mol. The quantitative estimate of drug-likeness (QED) is 0.705. The molecule has 2 fully saturated rings. The van der Waals surface area contributed by atoms with E-state index in [9.17, 15) is 5.26 Å². The normalized spacial score (nSPS) is 32.6. The van der Waals surface area contributed by atoms with Crippen LogP contribution in [0.5, 0.6) is 0 Å². The molecule has 2 saturated carbocycles. The lowest BCUT2D eigenvalue weighted by Gasteiger charge is -2.22. The predicted molar refractivity (Wildman–Crippen MR) is 74.1 cm³/mol. The zero-order valence-electron chi connectivity index (χ0n) is 10.9. The molecule has 0 spiro atoms. The van der Waals surface area contributed by atoms with Gasteiger partial charge in [0.15, 0.2) is 0 Å². The Morgan fingerprint density at radius 1 is 1.35 bits per heavy atom. The van der Waals surface area contributed by atoms with Crippen molar-refractivity contribution in [1.29, 1.82) is 5.26 Å². The first kappa shape index (κ1) is 13.2. The third kappa shape index (κ3) is 3.89. The molecular formula is C14H24N2S. The SMILES string of the molecule is CCCCCSC1CCC(C#N)(NC2CC2)C1. The lowest BCUT2D eigenvalue weighted by Crippen LogP contribution is -2.43. The summed E-state index contributed by atoms with van der Waals surface area (Å²) in [5, 5.41) is 13.7. The van der Waals surface area contributed by atoms with Gasteiger partial charge in [0, 0.05) is 11.3 Å². The predicted octanol–water partition coefficient (Wildman–Crippen LogP) is 3.48. The van der Waals surface area contributed by atoms with Gasteiger partial charge < -0.3 is 0 Å². The fraction of sp³-hybridized carbons (Fsp3) is 0.929. The Labute approximate surface area is 110 Å². The summed E-state index contributed by atoms with van der Waals surface area (Å²) in [6.45, 7) is 2.25. The minimum atomic E-state index is -0.177. The van der Waals surface area contributed by atoms with Gasteiger partial charge in [0.25, 0.3) is 0 Å². The highest BCUT2D eigenvalue weighted by Crippen LogP contribution is 2.39. The largest absolute Gasteiger partial charge is 0.297 e. The lowest BCUT2D eigenvalue weighted by molar-refractivity contribution is 0.420. The highest BCUT2D eigenvalue weighted by molar-refractivity contribution is 7.99.